The SMILES string of the molecule is CCCS(=O)(=O)NCCc1ccc(N(CCNS(=O)(=O)CCC)Cc2ccccc2)cc1. The molecule has 0 bridgehead atoms. The minimum Gasteiger partial charge on any atom is -0.366 e. The molecule has 0 saturated heterocycles. The van der Waals surface area contributed by atoms with Crippen molar-refractivity contribution in [2.24, 2.45) is 0 Å². The fraction of sp³-hybridized carbons (Fsp3) is 0.478. The summed E-state index contributed by atoms with van der Waals surface area (Å²) < 4.78 is 52.8. The lowest BCUT2D eigenvalue weighted by molar-refractivity contribution is 0.578. The van der Waals surface area contributed by atoms with Crippen LogP contribution in [0, 0.1) is 0 Å². The lowest BCUT2D eigenvalue weighted by Gasteiger charge is -2.25. The van der Waals surface area contributed by atoms with Crippen molar-refractivity contribution in [1.29, 1.82) is 0 Å². The summed E-state index contributed by atoms with van der Waals surface area (Å²) in [7, 11) is -6.45. The van der Waals surface area contributed by atoms with E-state index >= 15 is 0 Å². The topological polar surface area (TPSA) is 95.6 Å². The predicted molar refractivity (Wildman–Crippen MR) is 132 cm³/mol. The van der Waals surface area contributed by atoms with Gasteiger partial charge in [0, 0.05) is 31.9 Å². The first kappa shape index (κ1) is 26.3. The normalized spacial score (nSPS) is 12.1. The molecule has 2 N–H and O–H groups in total. The molecule has 32 heavy (non-hydrogen) atoms. The first-order chi connectivity index (χ1) is 15.2. The molecule has 178 valence electrons. The molecule has 0 saturated carbocycles. The van der Waals surface area contributed by atoms with Gasteiger partial charge in [-0.25, -0.2) is 26.3 Å². The van der Waals surface area contributed by atoms with Gasteiger partial charge >= 0.3 is 0 Å². The van der Waals surface area contributed by atoms with E-state index in [0.29, 0.717) is 45.4 Å². The molecule has 2 aromatic carbocycles. The molecule has 0 aromatic heterocycles. The summed E-state index contributed by atoms with van der Waals surface area (Å²) in [6.45, 7) is 5.58. The van der Waals surface area contributed by atoms with Gasteiger partial charge < -0.3 is 4.90 Å². The van der Waals surface area contributed by atoms with Crippen molar-refractivity contribution in [3.63, 3.8) is 0 Å². The van der Waals surface area contributed by atoms with E-state index in [0.717, 1.165) is 16.8 Å². The maximum Gasteiger partial charge on any atom is 0.211 e. The highest BCUT2D eigenvalue weighted by Gasteiger charge is 2.12. The summed E-state index contributed by atoms with van der Waals surface area (Å²) in [4.78, 5) is 2.14. The quantitative estimate of drug-likeness (QED) is 0.408. The van der Waals surface area contributed by atoms with Crippen LogP contribution in [0.25, 0.3) is 0 Å². The van der Waals surface area contributed by atoms with Crippen LogP contribution in [0.1, 0.15) is 37.8 Å². The second-order valence-electron chi connectivity index (χ2n) is 7.75. The molecular weight excluding hydrogens is 446 g/mol. The molecule has 7 nitrogen and oxygen atoms in total. The molecule has 2 rings (SSSR count). The van der Waals surface area contributed by atoms with E-state index in [-0.39, 0.29) is 11.5 Å². The van der Waals surface area contributed by atoms with E-state index in [1.54, 1.807) is 0 Å². The highest BCUT2D eigenvalue weighted by Crippen LogP contribution is 2.18. The van der Waals surface area contributed by atoms with Gasteiger partial charge in [0.25, 0.3) is 0 Å². The Morgan fingerprint density at radius 1 is 0.719 bits per heavy atom. The van der Waals surface area contributed by atoms with Crippen LogP contribution in [0.3, 0.4) is 0 Å². The fourth-order valence-corrected chi connectivity index (χ4v) is 5.52. The minimum absolute atomic E-state index is 0.127. The van der Waals surface area contributed by atoms with Crippen molar-refractivity contribution in [1.82, 2.24) is 9.44 Å². The Hall–Kier alpha value is -1.94. The molecule has 0 radical (unpaired) electrons. The minimum atomic E-state index is -3.25. The summed E-state index contributed by atoms with van der Waals surface area (Å²) in [6.07, 6.45) is 1.79. The monoisotopic (exact) mass is 481 g/mol. The van der Waals surface area contributed by atoms with Gasteiger partial charge in [0.2, 0.25) is 20.0 Å². The van der Waals surface area contributed by atoms with Crippen molar-refractivity contribution in [2.45, 2.75) is 39.7 Å². The molecule has 2 aromatic rings. The third-order valence-electron chi connectivity index (χ3n) is 4.90. The van der Waals surface area contributed by atoms with Crippen molar-refractivity contribution in [3.8, 4) is 0 Å². The first-order valence-corrected chi connectivity index (χ1v) is 14.4. The van der Waals surface area contributed by atoms with Crippen LogP contribution in [0.4, 0.5) is 5.69 Å². The van der Waals surface area contributed by atoms with Gasteiger partial charge in [-0.15, -0.1) is 0 Å². The molecule has 0 heterocycles. The summed E-state index contributed by atoms with van der Waals surface area (Å²) in [5, 5.41) is 0. The van der Waals surface area contributed by atoms with E-state index in [4.69, 9.17) is 0 Å². The van der Waals surface area contributed by atoms with E-state index < -0.39 is 20.0 Å². The molecule has 0 fully saturated rings. The lowest BCUT2D eigenvalue weighted by atomic mass is 10.1. The van der Waals surface area contributed by atoms with Crippen LogP contribution in [-0.4, -0.2) is 48.0 Å². The third-order valence-corrected chi connectivity index (χ3v) is 8.08. The van der Waals surface area contributed by atoms with E-state index in [1.165, 1.54) is 0 Å². The van der Waals surface area contributed by atoms with Gasteiger partial charge in [-0.2, -0.15) is 0 Å². The molecule has 9 heteroatoms. The molecule has 0 atom stereocenters. The number of sulfonamides is 2. The predicted octanol–water partition coefficient (Wildman–Crippen LogP) is 2.89. The van der Waals surface area contributed by atoms with Crippen LogP contribution >= 0.6 is 0 Å². The molecule has 0 aliphatic rings. The zero-order chi connectivity index (χ0) is 23.5. The first-order valence-electron chi connectivity index (χ1n) is 11.1. The molecule has 0 aliphatic heterocycles. The maximum absolute atomic E-state index is 12.0. The zero-order valence-electron chi connectivity index (χ0n) is 19.0. The van der Waals surface area contributed by atoms with Crippen molar-refractivity contribution in [2.75, 3.05) is 36.0 Å². The van der Waals surface area contributed by atoms with E-state index in [2.05, 4.69) is 14.3 Å². The highest BCUT2D eigenvalue weighted by molar-refractivity contribution is 7.89. The van der Waals surface area contributed by atoms with Gasteiger partial charge in [0.15, 0.2) is 0 Å². The fourth-order valence-electron chi connectivity index (χ4n) is 3.35. The molecule has 0 spiro atoms. The lowest BCUT2D eigenvalue weighted by Crippen LogP contribution is -2.35. The molecule has 0 aliphatic carbocycles. The van der Waals surface area contributed by atoms with Crippen LogP contribution in [0.2, 0.25) is 0 Å². The molecular formula is C23H35N3O4S2. The molecule has 0 amide bonds. The second kappa shape index (κ2) is 12.9. The summed E-state index contributed by atoms with van der Waals surface area (Å²) >= 11 is 0. The van der Waals surface area contributed by atoms with Crippen LogP contribution in [-0.2, 0) is 33.0 Å². The molecule has 0 unspecified atom stereocenters. The van der Waals surface area contributed by atoms with Gasteiger partial charge in [-0.3, -0.25) is 0 Å². The van der Waals surface area contributed by atoms with Gasteiger partial charge in [-0.1, -0.05) is 56.3 Å². The van der Waals surface area contributed by atoms with Crippen molar-refractivity contribution >= 4 is 25.7 Å². The number of hydrogen-bond acceptors (Lipinski definition) is 5. The van der Waals surface area contributed by atoms with Gasteiger partial charge in [-0.05, 0) is 42.5 Å². The number of benzene rings is 2. The van der Waals surface area contributed by atoms with E-state index in [1.807, 2.05) is 68.4 Å². The van der Waals surface area contributed by atoms with Gasteiger partial charge in [0.1, 0.15) is 0 Å². The Morgan fingerprint density at radius 3 is 1.84 bits per heavy atom. The van der Waals surface area contributed by atoms with Crippen LogP contribution in [0.5, 0.6) is 0 Å². The Bertz CT molecular complexity index is 1010. The Labute approximate surface area is 193 Å². The Kier molecular flexibility index (Phi) is 10.6. The van der Waals surface area contributed by atoms with Gasteiger partial charge in [0.05, 0.1) is 11.5 Å². The van der Waals surface area contributed by atoms with Crippen LogP contribution < -0.4 is 14.3 Å². The summed E-state index contributed by atoms with van der Waals surface area (Å²) in [5.41, 5.74) is 3.16. The van der Waals surface area contributed by atoms with Crippen LogP contribution in [0.15, 0.2) is 54.6 Å². The number of rotatable bonds is 15. The number of hydrogen-bond donors (Lipinski definition) is 2. The number of nitrogens with one attached hydrogen (secondary N) is 2. The summed E-state index contributed by atoms with van der Waals surface area (Å²) in [6, 6.07) is 18.0. The number of anilines is 1. The highest BCUT2D eigenvalue weighted by atomic mass is 32.2. The summed E-state index contributed by atoms with van der Waals surface area (Å²) in [5.74, 6) is 0.269. The Balaban J connectivity index is 2.02. The Morgan fingerprint density at radius 2 is 1.28 bits per heavy atom. The maximum atomic E-state index is 12.0. The average molecular weight is 482 g/mol. The average Bonchev–Trinajstić information content (AvgIpc) is 2.74. The van der Waals surface area contributed by atoms with Crippen molar-refractivity contribution < 1.29 is 16.8 Å². The number of nitrogens with zero attached hydrogens (tertiary/aromatic N) is 1. The second-order valence-corrected chi connectivity index (χ2v) is 11.6. The largest absolute Gasteiger partial charge is 0.366 e. The van der Waals surface area contributed by atoms with Crippen molar-refractivity contribution in [3.05, 3.63) is 65.7 Å². The zero-order valence-corrected chi connectivity index (χ0v) is 20.6. The third kappa shape index (κ3) is 9.68. The standard InChI is InChI=1S/C23H35N3O4S2/c1-3-18-31(27,28)24-15-14-21-10-12-23(13-11-21)26(20-22-8-6-5-7-9-22)17-16-25-32(29,30)19-4-2/h5-13,24-25H,3-4,14-20H2,1-2H3. The smallest absolute Gasteiger partial charge is 0.211 e. The van der Waals surface area contributed by atoms with E-state index in [9.17, 15) is 16.8 Å².